The molecule has 22 heavy (non-hydrogen) atoms. The zero-order valence-electron chi connectivity index (χ0n) is 13.2. The fourth-order valence-corrected chi connectivity index (χ4v) is 2.01. The number of nitrogens with one attached hydrogen (secondary N) is 1. The molecule has 1 amide bonds. The molecule has 0 radical (unpaired) electrons. The number of hydrogen-bond acceptors (Lipinski definition) is 3. The van der Waals surface area contributed by atoms with Crippen LogP contribution in [0.15, 0.2) is 24.3 Å². The lowest BCUT2D eigenvalue weighted by atomic mass is 9.87. The Bertz CT molecular complexity index is 539. The SMILES string of the molecule is CC(c1cccc(F)c1)C(CNC(=O)OC(C)(C)C)C(=O)O. The van der Waals surface area contributed by atoms with Crippen LogP contribution in [0.2, 0.25) is 0 Å². The van der Waals surface area contributed by atoms with E-state index in [1.165, 1.54) is 18.2 Å². The molecule has 122 valence electrons. The Morgan fingerprint density at radius 3 is 2.50 bits per heavy atom. The molecule has 6 heteroatoms. The van der Waals surface area contributed by atoms with Gasteiger partial charge in [-0.25, -0.2) is 9.18 Å². The molecule has 1 aromatic carbocycles. The average Bonchev–Trinajstić information content (AvgIpc) is 2.36. The summed E-state index contributed by atoms with van der Waals surface area (Å²) in [7, 11) is 0. The summed E-state index contributed by atoms with van der Waals surface area (Å²) < 4.78 is 18.3. The van der Waals surface area contributed by atoms with Gasteiger partial charge in [0.1, 0.15) is 11.4 Å². The zero-order chi connectivity index (χ0) is 16.9. The first-order valence-corrected chi connectivity index (χ1v) is 7.05. The molecule has 2 unspecified atom stereocenters. The van der Waals surface area contributed by atoms with Gasteiger partial charge in [-0.2, -0.15) is 0 Å². The molecule has 2 atom stereocenters. The monoisotopic (exact) mass is 311 g/mol. The first-order valence-electron chi connectivity index (χ1n) is 7.05. The Kier molecular flexibility index (Phi) is 5.91. The van der Waals surface area contributed by atoms with Crippen LogP contribution in [0.4, 0.5) is 9.18 Å². The highest BCUT2D eigenvalue weighted by molar-refractivity contribution is 5.73. The third-order valence-electron chi connectivity index (χ3n) is 3.16. The minimum absolute atomic E-state index is 0.0953. The fraction of sp³-hybridized carbons (Fsp3) is 0.500. The van der Waals surface area contributed by atoms with E-state index in [-0.39, 0.29) is 6.54 Å². The predicted octanol–water partition coefficient (Wildman–Crippen LogP) is 3.15. The van der Waals surface area contributed by atoms with Gasteiger partial charge in [-0.3, -0.25) is 4.79 Å². The summed E-state index contributed by atoms with van der Waals surface area (Å²) in [6.45, 7) is 6.75. The van der Waals surface area contributed by atoms with Crippen LogP contribution < -0.4 is 5.32 Å². The number of carboxylic acid groups (broad SMARTS) is 1. The van der Waals surface area contributed by atoms with E-state index in [1.807, 2.05) is 0 Å². The lowest BCUT2D eigenvalue weighted by Crippen LogP contribution is -2.38. The van der Waals surface area contributed by atoms with E-state index >= 15 is 0 Å². The van der Waals surface area contributed by atoms with E-state index in [4.69, 9.17) is 4.74 Å². The zero-order valence-corrected chi connectivity index (χ0v) is 13.2. The summed E-state index contributed by atoms with van der Waals surface area (Å²) in [4.78, 5) is 23.0. The summed E-state index contributed by atoms with van der Waals surface area (Å²) in [5, 5.41) is 11.8. The van der Waals surface area contributed by atoms with E-state index < -0.39 is 35.3 Å². The van der Waals surface area contributed by atoms with Gasteiger partial charge >= 0.3 is 12.1 Å². The Labute approximate surface area is 129 Å². The number of aliphatic carboxylic acids is 1. The van der Waals surface area contributed by atoms with E-state index in [2.05, 4.69) is 5.32 Å². The van der Waals surface area contributed by atoms with Crippen molar-refractivity contribution >= 4 is 12.1 Å². The van der Waals surface area contributed by atoms with Crippen LogP contribution >= 0.6 is 0 Å². The molecular formula is C16H22FNO4. The molecular weight excluding hydrogens is 289 g/mol. The van der Waals surface area contributed by atoms with Gasteiger partial charge in [0.25, 0.3) is 0 Å². The molecule has 5 nitrogen and oxygen atoms in total. The van der Waals surface area contributed by atoms with Crippen molar-refractivity contribution in [1.82, 2.24) is 5.32 Å². The lowest BCUT2D eigenvalue weighted by molar-refractivity contribution is -0.142. The predicted molar refractivity (Wildman–Crippen MR) is 80.2 cm³/mol. The van der Waals surface area contributed by atoms with E-state index in [9.17, 15) is 19.1 Å². The first kappa shape index (κ1) is 17.9. The fourth-order valence-electron chi connectivity index (χ4n) is 2.01. The van der Waals surface area contributed by atoms with Crippen LogP contribution in [0.25, 0.3) is 0 Å². The van der Waals surface area contributed by atoms with Gasteiger partial charge in [0.05, 0.1) is 5.92 Å². The van der Waals surface area contributed by atoms with Crippen LogP contribution in [0.1, 0.15) is 39.2 Å². The highest BCUT2D eigenvalue weighted by atomic mass is 19.1. The minimum Gasteiger partial charge on any atom is -0.481 e. The number of carboxylic acids is 1. The molecule has 0 aliphatic rings. The molecule has 1 aromatic rings. The molecule has 0 bridgehead atoms. The number of carbonyl (C=O) groups is 2. The largest absolute Gasteiger partial charge is 0.481 e. The van der Waals surface area contributed by atoms with Crippen molar-refractivity contribution in [1.29, 1.82) is 0 Å². The van der Waals surface area contributed by atoms with Crippen molar-refractivity contribution in [2.45, 2.75) is 39.2 Å². The Morgan fingerprint density at radius 2 is 2.00 bits per heavy atom. The second kappa shape index (κ2) is 7.24. The van der Waals surface area contributed by atoms with Crippen molar-refractivity contribution in [3.63, 3.8) is 0 Å². The topological polar surface area (TPSA) is 75.6 Å². The van der Waals surface area contributed by atoms with E-state index in [1.54, 1.807) is 33.8 Å². The molecule has 0 aliphatic heterocycles. The smallest absolute Gasteiger partial charge is 0.407 e. The van der Waals surface area contributed by atoms with Crippen LogP contribution in [0.3, 0.4) is 0 Å². The second-order valence-electron chi connectivity index (χ2n) is 6.17. The molecule has 1 rings (SSSR count). The molecule has 2 N–H and O–H groups in total. The summed E-state index contributed by atoms with van der Waals surface area (Å²) in [6, 6.07) is 5.79. The summed E-state index contributed by atoms with van der Waals surface area (Å²) in [5.74, 6) is -2.82. The van der Waals surface area contributed by atoms with Crippen LogP contribution in [-0.4, -0.2) is 29.3 Å². The third kappa shape index (κ3) is 5.71. The first-order chi connectivity index (χ1) is 10.1. The van der Waals surface area contributed by atoms with Crippen molar-refractivity contribution in [3.8, 4) is 0 Å². The van der Waals surface area contributed by atoms with E-state index in [0.29, 0.717) is 5.56 Å². The third-order valence-corrected chi connectivity index (χ3v) is 3.16. The van der Waals surface area contributed by atoms with E-state index in [0.717, 1.165) is 0 Å². The minimum atomic E-state index is -1.06. The molecule has 0 spiro atoms. The number of carbonyl (C=O) groups excluding carboxylic acids is 1. The number of alkyl carbamates (subject to hydrolysis) is 1. The Hall–Kier alpha value is -2.11. The van der Waals surface area contributed by atoms with Gasteiger partial charge in [-0.05, 0) is 44.4 Å². The molecule has 0 heterocycles. The van der Waals surface area contributed by atoms with Crippen molar-refractivity contribution in [3.05, 3.63) is 35.6 Å². The Morgan fingerprint density at radius 1 is 1.36 bits per heavy atom. The summed E-state index contributed by atoms with van der Waals surface area (Å²) in [5.41, 5.74) is -0.0878. The maximum atomic E-state index is 13.3. The van der Waals surface area contributed by atoms with Crippen LogP contribution in [0.5, 0.6) is 0 Å². The van der Waals surface area contributed by atoms with Crippen molar-refractivity contribution in [2.75, 3.05) is 6.54 Å². The van der Waals surface area contributed by atoms with Gasteiger partial charge in [0.15, 0.2) is 0 Å². The van der Waals surface area contributed by atoms with Gasteiger partial charge in [-0.15, -0.1) is 0 Å². The van der Waals surface area contributed by atoms with Gasteiger partial charge in [0.2, 0.25) is 0 Å². The number of halogens is 1. The standard InChI is InChI=1S/C16H22FNO4/c1-10(11-6-5-7-12(17)8-11)13(14(19)20)9-18-15(21)22-16(2,3)4/h5-8,10,13H,9H2,1-4H3,(H,18,21)(H,19,20). The molecule has 0 aromatic heterocycles. The number of ether oxygens (including phenoxy) is 1. The highest BCUT2D eigenvalue weighted by Gasteiger charge is 2.27. The maximum absolute atomic E-state index is 13.3. The van der Waals surface area contributed by atoms with Crippen molar-refractivity contribution in [2.24, 2.45) is 5.92 Å². The molecule has 0 saturated carbocycles. The average molecular weight is 311 g/mol. The van der Waals surface area contributed by atoms with Gasteiger partial charge < -0.3 is 15.2 Å². The van der Waals surface area contributed by atoms with Crippen LogP contribution in [-0.2, 0) is 9.53 Å². The normalized spacial score (nSPS) is 14.0. The number of amides is 1. The molecule has 0 aliphatic carbocycles. The number of rotatable bonds is 5. The highest BCUT2D eigenvalue weighted by Crippen LogP contribution is 2.25. The van der Waals surface area contributed by atoms with Gasteiger partial charge in [0, 0.05) is 6.54 Å². The summed E-state index contributed by atoms with van der Waals surface area (Å²) in [6.07, 6.45) is -0.676. The molecule has 0 saturated heterocycles. The lowest BCUT2D eigenvalue weighted by Gasteiger charge is -2.23. The number of benzene rings is 1. The summed E-state index contributed by atoms with van der Waals surface area (Å²) >= 11 is 0. The van der Waals surface area contributed by atoms with Crippen molar-refractivity contribution < 1.29 is 23.8 Å². The molecule has 0 fully saturated rings. The van der Waals surface area contributed by atoms with Crippen LogP contribution in [0, 0.1) is 11.7 Å². The van der Waals surface area contributed by atoms with Gasteiger partial charge in [-0.1, -0.05) is 19.1 Å². The number of hydrogen-bond donors (Lipinski definition) is 2. The Balaban J connectivity index is 2.74. The quantitative estimate of drug-likeness (QED) is 0.876. The maximum Gasteiger partial charge on any atom is 0.407 e. The second-order valence-corrected chi connectivity index (χ2v) is 6.17.